The summed E-state index contributed by atoms with van der Waals surface area (Å²) in [7, 11) is 0. The third-order valence-corrected chi connectivity index (χ3v) is 3.93. The lowest BCUT2D eigenvalue weighted by molar-refractivity contribution is 0.577. The molecule has 0 aliphatic carbocycles. The number of benzene rings is 2. The summed E-state index contributed by atoms with van der Waals surface area (Å²) >= 11 is 7.04. The maximum absolute atomic E-state index is 13.5. The van der Waals surface area contributed by atoms with Crippen LogP contribution in [0, 0.1) is 18.6 Å². The third-order valence-electron chi connectivity index (χ3n) is 2.41. The summed E-state index contributed by atoms with van der Waals surface area (Å²) in [6, 6.07) is 6.71. The van der Waals surface area contributed by atoms with Gasteiger partial charge in [-0.3, -0.25) is 0 Å². The zero-order valence-corrected chi connectivity index (χ0v) is 11.1. The van der Waals surface area contributed by atoms with E-state index in [9.17, 15) is 8.78 Å². The number of rotatable bonds is 2. The summed E-state index contributed by atoms with van der Waals surface area (Å²) in [5, 5.41) is 0.403. The number of nitrogens with two attached hydrogens (primary N) is 1. The molecule has 0 aromatic heterocycles. The van der Waals surface area contributed by atoms with Gasteiger partial charge in [0.2, 0.25) is 0 Å². The van der Waals surface area contributed by atoms with Gasteiger partial charge in [-0.25, -0.2) is 8.78 Å². The van der Waals surface area contributed by atoms with E-state index in [1.165, 1.54) is 0 Å². The van der Waals surface area contributed by atoms with Crippen molar-refractivity contribution in [2.75, 3.05) is 5.73 Å². The lowest BCUT2D eigenvalue weighted by atomic mass is 10.2. The van der Waals surface area contributed by atoms with Gasteiger partial charge >= 0.3 is 0 Å². The molecule has 0 amide bonds. The Morgan fingerprint density at radius 1 is 1.11 bits per heavy atom. The lowest BCUT2D eigenvalue weighted by Crippen LogP contribution is -1.90. The van der Waals surface area contributed by atoms with Crippen LogP contribution in [0.5, 0.6) is 0 Å². The Morgan fingerprint density at radius 2 is 1.83 bits per heavy atom. The van der Waals surface area contributed by atoms with Crippen molar-refractivity contribution < 1.29 is 8.78 Å². The van der Waals surface area contributed by atoms with Crippen LogP contribution in [0.25, 0.3) is 0 Å². The predicted molar refractivity (Wildman–Crippen MR) is 71.1 cm³/mol. The molecule has 0 saturated carbocycles. The Kier molecular flexibility index (Phi) is 3.78. The van der Waals surface area contributed by atoms with E-state index in [1.807, 2.05) is 6.92 Å². The van der Waals surface area contributed by atoms with Crippen molar-refractivity contribution in [2.45, 2.75) is 16.7 Å². The quantitative estimate of drug-likeness (QED) is 0.812. The molecule has 0 saturated heterocycles. The van der Waals surface area contributed by atoms with Crippen LogP contribution in [0.2, 0.25) is 5.02 Å². The molecule has 0 fully saturated rings. The summed E-state index contributed by atoms with van der Waals surface area (Å²) < 4.78 is 26.6. The number of hydrogen-bond donors (Lipinski definition) is 1. The average Bonchev–Trinajstić information content (AvgIpc) is 2.30. The van der Waals surface area contributed by atoms with E-state index < -0.39 is 11.6 Å². The number of halogens is 3. The lowest BCUT2D eigenvalue weighted by Gasteiger charge is -2.09. The Hall–Kier alpha value is -1.26. The monoisotopic (exact) mass is 285 g/mol. The second kappa shape index (κ2) is 5.16. The zero-order valence-electron chi connectivity index (χ0n) is 9.51. The highest BCUT2D eigenvalue weighted by molar-refractivity contribution is 7.99. The molecule has 1 nitrogen and oxygen atoms in total. The maximum atomic E-state index is 13.5. The summed E-state index contributed by atoms with van der Waals surface area (Å²) in [6.45, 7) is 1.84. The number of aryl methyl sites for hydroxylation is 1. The SMILES string of the molecule is Cc1cc(N)c(Cl)cc1Sc1cc(F)ccc1F. The summed E-state index contributed by atoms with van der Waals surface area (Å²) in [5.74, 6) is -0.938. The van der Waals surface area contributed by atoms with Gasteiger partial charge in [0.25, 0.3) is 0 Å². The van der Waals surface area contributed by atoms with Crippen LogP contribution in [0.15, 0.2) is 40.1 Å². The molecule has 0 bridgehead atoms. The Bertz CT molecular complexity index is 602. The van der Waals surface area contributed by atoms with Gasteiger partial charge in [-0.05, 0) is 42.8 Å². The van der Waals surface area contributed by atoms with Crippen molar-refractivity contribution in [2.24, 2.45) is 0 Å². The number of anilines is 1. The normalized spacial score (nSPS) is 10.7. The molecule has 0 heterocycles. The van der Waals surface area contributed by atoms with Crippen molar-refractivity contribution >= 4 is 29.1 Å². The highest BCUT2D eigenvalue weighted by Crippen LogP contribution is 2.36. The van der Waals surface area contributed by atoms with Crippen LogP contribution in [0.1, 0.15) is 5.56 Å². The summed E-state index contributed by atoms with van der Waals surface area (Å²) in [5.41, 5.74) is 7.00. The summed E-state index contributed by atoms with van der Waals surface area (Å²) in [4.78, 5) is 0.970. The molecule has 2 N–H and O–H groups in total. The molecular weight excluding hydrogens is 276 g/mol. The van der Waals surface area contributed by atoms with Crippen molar-refractivity contribution in [3.05, 3.63) is 52.6 Å². The van der Waals surface area contributed by atoms with Crippen molar-refractivity contribution in [3.8, 4) is 0 Å². The standard InChI is InChI=1S/C13H10ClF2NS/c1-7-4-11(17)9(14)6-12(7)18-13-5-8(15)2-3-10(13)16/h2-6H,17H2,1H3. The van der Waals surface area contributed by atoms with E-state index in [0.29, 0.717) is 10.7 Å². The van der Waals surface area contributed by atoms with E-state index in [-0.39, 0.29) is 4.90 Å². The van der Waals surface area contributed by atoms with E-state index >= 15 is 0 Å². The largest absolute Gasteiger partial charge is 0.398 e. The van der Waals surface area contributed by atoms with Gasteiger partial charge < -0.3 is 5.73 Å². The molecule has 94 valence electrons. The Balaban J connectivity index is 2.40. The van der Waals surface area contributed by atoms with Gasteiger partial charge in [0.1, 0.15) is 11.6 Å². The molecule has 0 radical (unpaired) electrons. The van der Waals surface area contributed by atoms with Crippen molar-refractivity contribution in [3.63, 3.8) is 0 Å². The fourth-order valence-corrected chi connectivity index (χ4v) is 2.67. The Morgan fingerprint density at radius 3 is 2.56 bits per heavy atom. The van der Waals surface area contributed by atoms with Crippen LogP contribution in [-0.4, -0.2) is 0 Å². The molecule has 0 spiro atoms. The minimum atomic E-state index is -0.474. The molecule has 0 aliphatic rings. The van der Waals surface area contributed by atoms with Gasteiger partial charge in [-0.1, -0.05) is 23.4 Å². The van der Waals surface area contributed by atoms with Gasteiger partial charge in [0.15, 0.2) is 0 Å². The van der Waals surface area contributed by atoms with Crippen LogP contribution >= 0.6 is 23.4 Å². The minimum absolute atomic E-state index is 0.221. The van der Waals surface area contributed by atoms with E-state index in [2.05, 4.69) is 0 Å². The fourth-order valence-electron chi connectivity index (χ4n) is 1.47. The maximum Gasteiger partial charge on any atom is 0.137 e. The highest BCUT2D eigenvalue weighted by atomic mass is 35.5. The predicted octanol–water partition coefficient (Wildman–Crippen LogP) is 4.66. The molecule has 5 heteroatoms. The topological polar surface area (TPSA) is 26.0 Å². The molecule has 18 heavy (non-hydrogen) atoms. The van der Waals surface area contributed by atoms with Crippen LogP contribution < -0.4 is 5.73 Å². The number of nitrogen functional groups attached to an aromatic ring is 1. The van der Waals surface area contributed by atoms with Gasteiger partial charge in [0, 0.05) is 4.90 Å². The first-order chi connectivity index (χ1) is 8.47. The first kappa shape index (κ1) is 13.2. The van der Waals surface area contributed by atoms with E-state index in [0.717, 1.165) is 40.4 Å². The second-order valence-electron chi connectivity index (χ2n) is 3.82. The first-order valence-corrected chi connectivity index (χ1v) is 6.35. The average molecular weight is 286 g/mol. The molecule has 0 aliphatic heterocycles. The highest BCUT2D eigenvalue weighted by Gasteiger charge is 2.09. The van der Waals surface area contributed by atoms with Gasteiger partial charge in [-0.2, -0.15) is 0 Å². The zero-order chi connectivity index (χ0) is 13.3. The minimum Gasteiger partial charge on any atom is -0.398 e. The van der Waals surface area contributed by atoms with E-state index in [1.54, 1.807) is 12.1 Å². The van der Waals surface area contributed by atoms with Crippen LogP contribution in [-0.2, 0) is 0 Å². The smallest absolute Gasteiger partial charge is 0.137 e. The van der Waals surface area contributed by atoms with Gasteiger partial charge in [-0.15, -0.1) is 0 Å². The van der Waals surface area contributed by atoms with E-state index in [4.69, 9.17) is 17.3 Å². The van der Waals surface area contributed by atoms with Crippen molar-refractivity contribution in [1.29, 1.82) is 0 Å². The van der Waals surface area contributed by atoms with Crippen LogP contribution in [0.3, 0.4) is 0 Å². The fraction of sp³-hybridized carbons (Fsp3) is 0.0769. The molecule has 2 aromatic rings. The number of hydrogen-bond acceptors (Lipinski definition) is 2. The second-order valence-corrected chi connectivity index (χ2v) is 5.31. The molecule has 2 aromatic carbocycles. The van der Waals surface area contributed by atoms with Gasteiger partial charge in [0.05, 0.1) is 15.6 Å². The molecular formula is C13H10ClF2NS. The summed E-state index contributed by atoms with van der Waals surface area (Å²) in [6.07, 6.45) is 0. The molecule has 2 rings (SSSR count). The van der Waals surface area contributed by atoms with Crippen LogP contribution in [0.4, 0.5) is 14.5 Å². The first-order valence-electron chi connectivity index (χ1n) is 5.16. The third kappa shape index (κ3) is 2.76. The molecule has 0 atom stereocenters. The Labute approximate surface area is 113 Å². The van der Waals surface area contributed by atoms with Crippen molar-refractivity contribution in [1.82, 2.24) is 0 Å². The molecule has 0 unspecified atom stereocenters.